The molecule has 0 saturated heterocycles. The summed E-state index contributed by atoms with van der Waals surface area (Å²) in [4.78, 5) is 15.4. The third-order valence-electron chi connectivity index (χ3n) is 5.25. The number of nitrogens with one attached hydrogen (secondary N) is 1. The molecule has 3 heterocycles. The molecule has 0 unspecified atom stereocenters. The number of aromatic nitrogens is 3. The molecule has 1 N–H and O–H groups in total. The minimum absolute atomic E-state index is 0.0309. The van der Waals surface area contributed by atoms with Gasteiger partial charge in [0.1, 0.15) is 5.69 Å². The molecule has 4 rings (SSSR count). The van der Waals surface area contributed by atoms with Crippen LogP contribution in [0.2, 0.25) is 0 Å². The van der Waals surface area contributed by atoms with Gasteiger partial charge in [0.25, 0.3) is 5.91 Å². The van der Waals surface area contributed by atoms with E-state index < -0.39 is 0 Å². The lowest BCUT2D eigenvalue weighted by molar-refractivity contribution is 0.0549. The molecule has 2 aromatic heterocycles. The van der Waals surface area contributed by atoms with E-state index in [9.17, 15) is 4.79 Å². The largest absolute Gasteiger partial charge is 0.348 e. The Labute approximate surface area is 153 Å². The van der Waals surface area contributed by atoms with Crippen LogP contribution in [0, 0.1) is 12.8 Å². The molecule has 5 nitrogen and oxygen atoms in total. The first-order valence-electron chi connectivity index (χ1n) is 9.14. The lowest BCUT2D eigenvalue weighted by atomic mass is 9.96. The summed E-state index contributed by atoms with van der Waals surface area (Å²) in [5.74, 6) is 0.369. The lowest BCUT2D eigenvalue weighted by Crippen LogP contribution is -2.44. The van der Waals surface area contributed by atoms with Crippen molar-refractivity contribution in [1.29, 1.82) is 0 Å². The number of amides is 1. The van der Waals surface area contributed by atoms with Crippen LogP contribution < -0.4 is 0 Å². The molecule has 1 aliphatic heterocycles. The predicted molar refractivity (Wildman–Crippen MR) is 102 cm³/mol. The summed E-state index contributed by atoms with van der Waals surface area (Å²) in [6, 6.07) is 14.2. The van der Waals surface area contributed by atoms with Crippen LogP contribution in [-0.4, -0.2) is 32.1 Å². The minimum atomic E-state index is 0.0309. The van der Waals surface area contributed by atoms with E-state index in [2.05, 4.69) is 46.9 Å². The zero-order valence-electron chi connectivity index (χ0n) is 15.4. The summed E-state index contributed by atoms with van der Waals surface area (Å²) in [7, 11) is 0. The Morgan fingerprint density at radius 2 is 1.92 bits per heavy atom. The molecule has 1 atom stereocenters. The summed E-state index contributed by atoms with van der Waals surface area (Å²) in [5, 5.41) is 7.43. The maximum Gasteiger partial charge on any atom is 0.272 e. The summed E-state index contributed by atoms with van der Waals surface area (Å²) in [6.07, 6.45) is 2.10. The predicted octanol–water partition coefficient (Wildman–Crippen LogP) is 4.04. The first-order valence-corrected chi connectivity index (χ1v) is 9.14. The molecule has 5 heteroatoms. The Bertz CT molecular complexity index is 923. The zero-order valence-corrected chi connectivity index (χ0v) is 15.4. The molecular weight excluding hydrogens is 324 g/mol. The van der Waals surface area contributed by atoms with Crippen molar-refractivity contribution < 1.29 is 4.79 Å². The number of aromatic amines is 1. The third kappa shape index (κ3) is 2.64. The van der Waals surface area contributed by atoms with Crippen molar-refractivity contribution in [2.24, 2.45) is 5.92 Å². The van der Waals surface area contributed by atoms with E-state index in [4.69, 9.17) is 0 Å². The molecule has 3 aromatic rings. The van der Waals surface area contributed by atoms with Crippen LogP contribution >= 0.6 is 0 Å². The number of nitrogens with zero attached hydrogens (tertiary/aromatic N) is 3. The van der Waals surface area contributed by atoms with Gasteiger partial charge in [0.05, 0.1) is 11.7 Å². The van der Waals surface area contributed by atoms with E-state index in [0.717, 1.165) is 23.4 Å². The van der Waals surface area contributed by atoms with E-state index in [1.807, 2.05) is 42.2 Å². The third-order valence-corrected chi connectivity index (χ3v) is 5.25. The summed E-state index contributed by atoms with van der Waals surface area (Å²) in [5.41, 5.74) is 4.57. The minimum Gasteiger partial charge on any atom is -0.348 e. The van der Waals surface area contributed by atoms with Crippen molar-refractivity contribution in [2.75, 3.05) is 6.54 Å². The van der Waals surface area contributed by atoms with Crippen LogP contribution in [0.3, 0.4) is 0 Å². The van der Waals surface area contributed by atoms with Gasteiger partial charge in [-0.05, 0) is 25.0 Å². The van der Waals surface area contributed by atoms with E-state index >= 15 is 0 Å². The number of hydrogen-bond acceptors (Lipinski definition) is 2. The molecule has 1 aliphatic rings. The standard InChI is InChI=1S/C21H24N4O/c1-14(2)20-17-10-7-11-24(17)12-13-25(20)21(26)19-15(3)18(22-23-19)16-8-5-4-6-9-16/h4-11,14,20H,12-13H2,1-3H3,(H,22,23)/t20-/m0/s1. The van der Waals surface area contributed by atoms with Crippen molar-refractivity contribution in [1.82, 2.24) is 19.7 Å². The number of benzene rings is 1. The molecule has 0 saturated carbocycles. The van der Waals surface area contributed by atoms with Crippen molar-refractivity contribution in [3.63, 3.8) is 0 Å². The van der Waals surface area contributed by atoms with Crippen LogP contribution in [0.5, 0.6) is 0 Å². The van der Waals surface area contributed by atoms with Crippen molar-refractivity contribution >= 4 is 5.91 Å². The quantitative estimate of drug-likeness (QED) is 0.777. The van der Waals surface area contributed by atoms with Gasteiger partial charge in [-0.15, -0.1) is 0 Å². The molecule has 134 valence electrons. The Morgan fingerprint density at radius 3 is 2.65 bits per heavy atom. The summed E-state index contributed by atoms with van der Waals surface area (Å²) >= 11 is 0. The highest BCUT2D eigenvalue weighted by molar-refractivity contribution is 5.95. The second-order valence-corrected chi connectivity index (χ2v) is 7.25. The number of hydrogen-bond donors (Lipinski definition) is 1. The van der Waals surface area contributed by atoms with Gasteiger partial charge in [-0.1, -0.05) is 44.2 Å². The van der Waals surface area contributed by atoms with Gasteiger partial charge in [-0.25, -0.2) is 0 Å². The first-order chi connectivity index (χ1) is 12.6. The fourth-order valence-corrected chi connectivity index (χ4v) is 3.97. The molecule has 0 bridgehead atoms. The average Bonchev–Trinajstić information content (AvgIpc) is 3.27. The van der Waals surface area contributed by atoms with Crippen LogP contribution in [0.4, 0.5) is 0 Å². The Hall–Kier alpha value is -2.82. The van der Waals surface area contributed by atoms with Gasteiger partial charge in [0, 0.05) is 36.1 Å². The smallest absolute Gasteiger partial charge is 0.272 e. The molecule has 26 heavy (non-hydrogen) atoms. The monoisotopic (exact) mass is 348 g/mol. The fourth-order valence-electron chi connectivity index (χ4n) is 3.97. The summed E-state index contributed by atoms with van der Waals surface area (Å²) in [6.45, 7) is 7.85. The number of fused-ring (bicyclic) bond motifs is 1. The van der Waals surface area contributed by atoms with Crippen LogP contribution in [-0.2, 0) is 6.54 Å². The van der Waals surface area contributed by atoms with Crippen LogP contribution in [0.1, 0.15) is 41.6 Å². The molecule has 1 aromatic carbocycles. The van der Waals surface area contributed by atoms with E-state index in [1.54, 1.807) is 0 Å². The number of rotatable bonds is 3. The van der Waals surface area contributed by atoms with Gasteiger partial charge < -0.3 is 9.47 Å². The van der Waals surface area contributed by atoms with Gasteiger partial charge in [-0.2, -0.15) is 5.10 Å². The van der Waals surface area contributed by atoms with E-state index in [0.29, 0.717) is 18.2 Å². The van der Waals surface area contributed by atoms with Gasteiger partial charge in [0.2, 0.25) is 0 Å². The van der Waals surface area contributed by atoms with Crippen molar-refractivity contribution in [3.05, 3.63) is 65.6 Å². The van der Waals surface area contributed by atoms with Gasteiger partial charge in [-0.3, -0.25) is 9.89 Å². The SMILES string of the molecule is Cc1c(-c2ccccc2)n[nH]c1C(=O)N1CCn2cccc2[C@@H]1C(C)C. The summed E-state index contributed by atoms with van der Waals surface area (Å²) < 4.78 is 2.25. The van der Waals surface area contributed by atoms with Crippen molar-refractivity contribution in [2.45, 2.75) is 33.4 Å². The number of carbonyl (C=O) groups is 1. The van der Waals surface area contributed by atoms with E-state index in [1.165, 1.54) is 5.69 Å². The fraction of sp³-hybridized carbons (Fsp3) is 0.333. The lowest BCUT2D eigenvalue weighted by Gasteiger charge is -2.39. The van der Waals surface area contributed by atoms with Crippen molar-refractivity contribution in [3.8, 4) is 11.3 Å². The zero-order chi connectivity index (χ0) is 18.3. The normalized spacial score (nSPS) is 16.8. The topological polar surface area (TPSA) is 53.9 Å². The first kappa shape index (κ1) is 16.6. The molecular formula is C21H24N4O. The molecule has 1 amide bonds. The highest BCUT2D eigenvalue weighted by Crippen LogP contribution is 2.34. The second-order valence-electron chi connectivity index (χ2n) is 7.25. The number of H-pyrrole nitrogens is 1. The highest BCUT2D eigenvalue weighted by Gasteiger charge is 2.34. The Morgan fingerprint density at radius 1 is 1.15 bits per heavy atom. The molecule has 0 aliphatic carbocycles. The van der Waals surface area contributed by atoms with Gasteiger partial charge >= 0.3 is 0 Å². The average molecular weight is 348 g/mol. The maximum atomic E-state index is 13.4. The maximum absolute atomic E-state index is 13.4. The highest BCUT2D eigenvalue weighted by atomic mass is 16.2. The van der Waals surface area contributed by atoms with Gasteiger partial charge in [0.15, 0.2) is 0 Å². The Balaban J connectivity index is 1.69. The van der Waals surface area contributed by atoms with Crippen LogP contribution in [0.15, 0.2) is 48.7 Å². The number of carbonyl (C=O) groups excluding carboxylic acids is 1. The molecule has 0 fully saturated rings. The molecule has 0 spiro atoms. The Kier molecular flexibility index (Phi) is 4.15. The van der Waals surface area contributed by atoms with E-state index in [-0.39, 0.29) is 11.9 Å². The molecule has 0 radical (unpaired) electrons. The second kappa shape index (κ2) is 6.48. The van der Waals surface area contributed by atoms with Crippen LogP contribution in [0.25, 0.3) is 11.3 Å².